The highest BCUT2D eigenvalue weighted by atomic mass is 32.2. The third-order valence-electron chi connectivity index (χ3n) is 5.60. The molecule has 4 rings (SSSR count). The van der Waals surface area contributed by atoms with Crippen molar-refractivity contribution in [1.82, 2.24) is 9.55 Å². The van der Waals surface area contributed by atoms with Crippen LogP contribution in [-0.2, 0) is 22.8 Å². The number of pyridine rings is 1. The average molecular weight is 469 g/mol. The molecular weight excluding hydrogens is 447 g/mol. The second kappa shape index (κ2) is 8.32. The SMILES string of the molecule is CCc1ccc2c(c1)c(-c1ccc[nH]c1=O)c(C(=O)O)n2Cc1cc(S(C)(=O)=O)ccc1F. The van der Waals surface area contributed by atoms with Crippen LogP contribution in [0.15, 0.2) is 64.4 Å². The van der Waals surface area contributed by atoms with Crippen molar-refractivity contribution in [2.75, 3.05) is 6.26 Å². The Kier molecular flexibility index (Phi) is 5.67. The molecule has 0 saturated carbocycles. The Hall–Kier alpha value is -3.72. The molecule has 7 nitrogen and oxygen atoms in total. The van der Waals surface area contributed by atoms with E-state index in [1.165, 1.54) is 29.0 Å². The highest BCUT2D eigenvalue weighted by Gasteiger charge is 2.26. The van der Waals surface area contributed by atoms with E-state index in [1.807, 2.05) is 19.1 Å². The van der Waals surface area contributed by atoms with Crippen molar-refractivity contribution >= 4 is 26.7 Å². The van der Waals surface area contributed by atoms with E-state index in [0.717, 1.165) is 17.9 Å². The summed E-state index contributed by atoms with van der Waals surface area (Å²) in [6, 6.07) is 12.0. The first-order valence-electron chi connectivity index (χ1n) is 10.2. The molecule has 0 unspecified atom stereocenters. The largest absolute Gasteiger partial charge is 0.477 e. The van der Waals surface area contributed by atoms with Gasteiger partial charge in [-0.3, -0.25) is 4.79 Å². The van der Waals surface area contributed by atoms with E-state index in [1.54, 1.807) is 12.1 Å². The topological polar surface area (TPSA) is 109 Å². The first-order chi connectivity index (χ1) is 15.6. The Labute approximate surface area is 189 Å². The zero-order valence-corrected chi connectivity index (χ0v) is 18.7. The van der Waals surface area contributed by atoms with Crippen LogP contribution in [0.2, 0.25) is 0 Å². The smallest absolute Gasteiger partial charge is 0.353 e. The number of nitrogens with zero attached hydrogens (tertiary/aromatic N) is 1. The summed E-state index contributed by atoms with van der Waals surface area (Å²) in [4.78, 5) is 27.5. The second-order valence-corrected chi connectivity index (χ2v) is 9.77. The number of rotatable bonds is 6. The van der Waals surface area contributed by atoms with Gasteiger partial charge in [-0.05, 0) is 54.4 Å². The number of aromatic amines is 1. The number of hydrogen-bond donors (Lipinski definition) is 2. The van der Waals surface area contributed by atoms with Gasteiger partial charge in [0.25, 0.3) is 5.56 Å². The van der Waals surface area contributed by atoms with Crippen LogP contribution in [0.5, 0.6) is 0 Å². The van der Waals surface area contributed by atoms with Crippen molar-refractivity contribution in [3.8, 4) is 11.1 Å². The van der Waals surface area contributed by atoms with E-state index in [0.29, 0.717) is 17.3 Å². The van der Waals surface area contributed by atoms with Gasteiger partial charge in [0.05, 0.1) is 11.4 Å². The van der Waals surface area contributed by atoms with Gasteiger partial charge in [0, 0.05) is 40.0 Å². The van der Waals surface area contributed by atoms with Gasteiger partial charge in [-0.25, -0.2) is 17.6 Å². The summed E-state index contributed by atoms with van der Waals surface area (Å²) in [7, 11) is -3.59. The minimum absolute atomic E-state index is 0.0189. The third kappa shape index (κ3) is 4.07. The number of aromatic nitrogens is 2. The molecule has 9 heteroatoms. The number of sulfone groups is 1. The molecular formula is C24H21FN2O5S. The summed E-state index contributed by atoms with van der Waals surface area (Å²) >= 11 is 0. The van der Waals surface area contributed by atoms with Crippen LogP contribution >= 0.6 is 0 Å². The number of carboxylic acid groups (broad SMARTS) is 1. The Bertz CT molecular complexity index is 1570. The zero-order valence-electron chi connectivity index (χ0n) is 17.9. The van der Waals surface area contributed by atoms with Crippen molar-refractivity contribution in [1.29, 1.82) is 0 Å². The summed E-state index contributed by atoms with van der Waals surface area (Å²) in [6.07, 6.45) is 3.16. The predicted octanol–water partition coefficient (Wildman–Crippen LogP) is 3.85. The van der Waals surface area contributed by atoms with Gasteiger partial charge >= 0.3 is 5.97 Å². The molecule has 2 N–H and O–H groups in total. The summed E-state index contributed by atoms with van der Waals surface area (Å²) in [6.45, 7) is 1.72. The molecule has 0 aliphatic carbocycles. The normalized spacial score (nSPS) is 11.7. The van der Waals surface area contributed by atoms with Gasteiger partial charge in [0.1, 0.15) is 11.5 Å². The van der Waals surface area contributed by atoms with Gasteiger partial charge in [-0.2, -0.15) is 0 Å². The second-order valence-electron chi connectivity index (χ2n) is 7.76. The third-order valence-corrected chi connectivity index (χ3v) is 6.71. The predicted molar refractivity (Wildman–Crippen MR) is 123 cm³/mol. The maximum Gasteiger partial charge on any atom is 0.353 e. The van der Waals surface area contributed by atoms with Gasteiger partial charge in [-0.15, -0.1) is 0 Å². The number of carbonyl (C=O) groups is 1. The molecule has 0 atom stereocenters. The fraction of sp³-hybridized carbons (Fsp3) is 0.167. The van der Waals surface area contributed by atoms with E-state index in [4.69, 9.17) is 0 Å². The lowest BCUT2D eigenvalue weighted by atomic mass is 10.0. The van der Waals surface area contributed by atoms with Gasteiger partial charge < -0.3 is 14.7 Å². The molecule has 4 aromatic rings. The number of benzene rings is 2. The van der Waals surface area contributed by atoms with Gasteiger partial charge in [0.15, 0.2) is 9.84 Å². The highest BCUT2D eigenvalue weighted by molar-refractivity contribution is 7.90. The molecule has 2 heterocycles. The van der Waals surface area contributed by atoms with E-state index >= 15 is 0 Å². The summed E-state index contributed by atoms with van der Waals surface area (Å²) < 4.78 is 40.0. The fourth-order valence-corrected chi connectivity index (χ4v) is 4.64. The monoisotopic (exact) mass is 468 g/mol. The van der Waals surface area contributed by atoms with E-state index in [-0.39, 0.29) is 33.8 Å². The Morgan fingerprint density at radius 3 is 2.55 bits per heavy atom. The maximum absolute atomic E-state index is 14.7. The van der Waals surface area contributed by atoms with E-state index in [2.05, 4.69) is 4.98 Å². The van der Waals surface area contributed by atoms with Crippen LogP contribution in [-0.4, -0.2) is 35.3 Å². The van der Waals surface area contributed by atoms with Gasteiger partial charge in [-0.1, -0.05) is 13.0 Å². The lowest BCUT2D eigenvalue weighted by Crippen LogP contribution is -2.14. The average Bonchev–Trinajstić information content (AvgIpc) is 3.08. The highest BCUT2D eigenvalue weighted by Crippen LogP contribution is 2.35. The van der Waals surface area contributed by atoms with Crippen LogP contribution < -0.4 is 5.56 Å². The van der Waals surface area contributed by atoms with Crippen molar-refractivity contribution in [3.63, 3.8) is 0 Å². The number of carboxylic acids is 1. The molecule has 0 spiro atoms. The fourth-order valence-electron chi connectivity index (χ4n) is 3.97. The van der Waals surface area contributed by atoms with Crippen molar-refractivity contribution in [2.45, 2.75) is 24.8 Å². The van der Waals surface area contributed by atoms with Crippen LogP contribution in [0.1, 0.15) is 28.5 Å². The number of hydrogen-bond acceptors (Lipinski definition) is 4. The summed E-state index contributed by atoms with van der Waals surface area (Å²) in [5, 5.41) is 10.7. The first-order valence-corrected chi connectivity index (χ1v) is 12.1. The molecule has 0 aliphatic rings. The number of H-pyrrole nitrogens is 1. The van der Waals surface area contributed by atoms with E-state index in [9.17, 15) is 27.5 Å². The zero-order chi connectivity index (χ0) is 23.9. The quantitative estimate of drug-likeness (QED) is 0.418. The molecule has 0 bridgehead atoms. The number of halogens is 1. The van der Waals surface area contributed by atoms with Crippen molar-refractivity contribution < 1.29 is 22.7 Å². The summed E-state index contributed by atoms with van der Waals surface area (Å²) in [5.41, 5.74) is 1.23. The standard InChI is InChI=1S/C24H21FN2O5S/c1-3-14-6-9-20-18(11-14)21(17-5-4-10-26-23(17)28)22(24(29)30)27(20)13-15-12-16(33(2,31)32)7-8-19(15)25/h4-12H,3,13H2,1-2H3,(H,26,28)(H,29,30). The molecule has 170 valence electrons. The Morgan fingerprint density at radius 2 is 1.91 bits per heavy atom. The first kappa shape index (κ1) is 22.5. The van der Waals surface area contributed by atoms with Crippen molar-refractivity contribution in [2.24, 2.45) is 0 Å². The minimum atomic E-state index is -3.59. The number of aryl methyl sites for hydroxylation is 1. The molecule has 0 fully saturated rings. The maximum atomic E-state index is 14.7. The molecule has 0 aliphatic heterocycles. The lowest BCUT2D eigenvalue weighted by Gasteiger charge is -2.11. The lowest BCUT2D eigenvalue weighted by molar-refractivity contribution is 0.0687. The number of aromatic carboxylic acids is 1. The minimum Gasteiger partial charge on any atom is -0.477 e. The molecule has 2 aromatic carbocycles. The Morgan fingerprint density at radius 1 is 1.15 bits per heavy atom. The van der Waals surface area contributed by atoms with Crippen LogP contribution in [0.3, 0.4) is 0 Å². The number of fused-ring (bicyclic) bond motifs is 1. The molecule has 0 amide bonds. The molecule has 0 saturated heterocycles. The van der Waals surface area contributed by atoms with Gasteiger partial charge in [0.2, 0.25) is 0 Å². The molecule has 33 heavy (non-hydrogen) atoms. The number of nitrogens with one attached hydrogen (secondary N) is 1. The van der Waals surface area contributed by atoms with Crippen LogP contribution in [0, 0.1) is 5.82 Å². The molecule has 2 aromatic heterocycles. The van der Waals surface area contributed by atoms with Crippen LogP contribution in [0.4, 0.5) is 4.39 Å². The van der Waals surface area contributed by atoms with E-state index < -0.39 is 27.2 Å². The van der Waals surface area contributed by atoms with Crippen molar-refractivity contribution in [3.05, 3.63) is 87.7 Å². The molecule has 0 radical (unpaired) electrons. The summed E-state index contributed by atoms with van der Waals surface area (Å²) in [5.74, 6) is -1.95. The Balaban J connectivity index is 2.06. The van der Waals surface area contributed by atoms with Crippen LogP contribution in [0.25, 0.3) is 22.0 Å².